The fraction of sp³-hybridized carbons (Fsp3) is 0.524. The van der Waals surface area contributed by atoms with Crippen LogP contribution >= 0.6 is 0 Å². The molecule has 4 aliphatic rings. The summed E-state index contributed by atoms with van der Waals surface area (Å²) in [6.45, 7) is 1.40. The van der Waals surface area contributed by atoms with Crippen molar-refractivity contribution in [2.45, 2.75) is 44.6 Å². The zero-order valence-corrected chi connectivity index (χ0v) is 16.1. The number of hydrogen-bond acceptors (Lipinski definition) is 6. The van der Waals surface area contributed by atoms with Gasteiger partial charge in [0.15, 0.2) is 0 Å². The zero-order chi connectivity index (χ0) is 20.4. The van der Waals surface area contributed by atoms with Gasteiger partial charge in [0.2, 0.25) is 11.8 Å². The third-order valence-electron chi connectivity index (χ3n) is 7.45. The summed E-state index contributed by atoms with van der Waals surface area (Å²) in [6, 6.07) is 4.16. The molecular formula is C21H24N4O4. The fourth-order valence-corrected chi connectivity index (χ4v) is 5.38. The van der Waals surface area contributed by atoms with Gasteiger partial charge in [-0.05, 0) is 49.3 Å². The molecular weight excluding hydrogens is 372 g/mol. The molecule has 2 saturated carbocycles. The molecule has 2 atom stereocenters. The van der Waals surface area contributed by atoms with Crippen molar-refractivity contribution in [2.75, 3.05) is 18.4 Å². The van der Waals surface area contributed by atoms with Gasteiger partial charge >= 0.3 is 0 Å². The monoisotopic (exact) mass is 396 g/mol. The Bertz CT molecular complexity index is 954. The molecule has 0 aromatic heterocycles. The molecule has 4 amide bonds. The van der Waals surface area contributed by atoms with E-state index in [4.69, 9.17) is 5.73 Å². The van der Waals surface area contributed by atoms with Crippen LogP contribution in [0.15, 0.2) is 18.2 Å². The SMILES string of the molecule is NCC1(CNc2ccc3c(c2)C(=O)N(C2CCC(=O)NC2=O)C3=O)CC12CCC2. The summed E-state index contributed by atoms with van der Waals surface area (Å²) in [7, 11) is 0. The molecule has 0 radical (unpaired) electrons. The molecule has 2 heterocycles. The Morgan fingerprint density at radius 1 is 1.14 bits per heavy atom. The summed E-state index contributed by atoms with van der Waals surface area (Å²) in [5.41, 5.74) is 7.95. The van der Waals surface area contributed by atoms with Gasteiger partial charge in [-0.2, -0.15) is 0 Å². The Morgan fingerprint density at radius 2 is 1.90 bits per heavy atom. The summed E-state index contributed by atoms with van der Waals surface area (Å²) in [6.07, 6.45) is 5.17. The molecule has 0 bridgehead atoms. The number of nitrogens with one attached hydrogen (secondary N) is 2. The van der Waals surface area contributed by atoms with Gasteiger partial charge in [-0.25, -0.2) is 0 Å². The number of piperidine rings is 1. The van der Waals surface area contributed by atoms with Gasteiger partial charge in [0.25, 0.3) is 11.8 Å². The minimum Gasteiger partial charge on any atom is -0.384 e. The normalized spacial score (nSPS) is 29.6. The molecule has 8 heteroatoms. The number of benzene rings is 1. The summed E-state index contributed by atoms with van der Waals surface area (Å²) in [5.74, 6) is -1.95. The molecule has 1 aromatic rings. The molecule has 5 rings (SSSR count). The molecule has 2 aliphatic heterocycles. The Kier molecular flexibility index (Phi) is 3.87. The van der Waals surface area contributed by atoms with Gasteiger partial charge in [0.05, 0.1) is 11.1 Å². The van der Waals surface area contributed by atoms with Crippen molar-refractivity contribution in [2.24, 2.45) is 16.6 Å². The topological polar surface area (TPSA) is 122 Å². The summed E-state index contributed by atoms with van der Waals surface area (Å²) in [4.78, 5) is 50.2. The molecule has 2 unspecified atom stereocenters. The Balaban J connectivity index is 1.33. The number of nitrogens with zero attached hydrogens (tertiary/aromatic N) is 1. The van der Waals surface area contributed by atoms with E-state index < -0.39 is 23.8 Å². The Hall–Kier alpha value is -2.74. The van der Waals surface area contributed by atoms with Crippen molar-refractivity contribution < 1.29 is 19.2 Å². The van der Waals surface area contributed by atoms with Gasteiger partial charge < -0.3 is 11.1 Å². The lowest BCUT2D eigenvalue weighted by Gasteiger charge is -2.32. The maximum Gasteiger partial charge on any atom is 0.262 e. The van der Waals surface area contributed by atoms with E-state index in [1.807, 2.05) is 0 Å². The average molecular weight is 396 g/mol. The molecule has 1 saturated heterocycles. The van der Waals surface area contributed by atoms with Crippen molar-refractivity contribution in [3.05, 3.63) is 29.3 Å². The number of fused-ring (bicyclic) bond motifs is 1. The van der Waals surface area contributed by atoms with Crippen LogP contribution in [0.2, 0.25) is 0 Å². The summed E-state index contributed by atoms with van der Waals surface area (Å²) < 4.78 is 0. The van der Waals surface area contributed by atoms with Crippen LogP contribution in [-0.2, 0) is 9.59 Å². The van der Waals surface area contributed by atoms with Crippen LogP contribution < -0.4 is 16.4 Å². The molecule has 1 spiro atoms. The first-order valence-corrected chi connectivity index (χ1v) is 10.2. The predicted octanol–water partition coefficient (Wildman–Crippen LogP) is 1.02. The van der Waals surface area contributed by atoms with Crippen LogP contribution in [0, 0.1) is 10.8 Å². The van der Waals surface area contributed by atoms with Gasteiger partial charge in [0.1, 0.15) is 6.04 Å². The molecule has 2 aliphatic carbocycles. The van der Waals surface area contributed by atoms with Crippen LogP contribution in [0.25, 0.3) is 0 Å². The Morgan fingerprint density at radius 3 is 2.52 bits per heavy atom. The number of carbonyl (C=O) groups excluding carboxylic acids is 4. The minimum atomic E-state index is -0.943. The van der Waals surface area contributed by atoms with Crippen LogP contribution in [0.1, 0.15) is 59.2 Å². The lowest BCUT2D eigenvalue weighted by atomic mass is 9.75. The maximum atomic E-state index is 12.9. The lowest BCUT2D eigenvalue weighted by molar-refractivity contribution is -0.136. The number of imide groups is 2. The Labute approximate surface area is 168 Å². The van der Waals surface area contributed by atoms with Crippen LogP contribution in [0.4, 0.5) is 5.69 Å². The van der Waals surface area contributed by atoms with Crippen molar-refractivity contribution in [3.63, 3.8) is 0 Å². The number of hydrogen-bond donors (Lipinski definition) is 3. The van der Waals surface area contributed by atoms with Gasteiger partial charge in [-0.3, -0.25) is 29.4 Å². The number of rotatable bonds is 5. The van der Waals surface area contributed by atoms with Gasteiger partial charge in [-0.1, -0.05) is 6.42 Å². The van der Waals surface area contributed by atoms with E-state index in [1.165, 1.54) is 19.3 Å². The minimum absolute atomic E-state index is 0.111. The first-order chi connectivity index (χ1) is 13.9. The average Bonchev–Trinajstić information content (AvgIpc) is 3.32. The molecule has 4 N–H and O–H groups in total. The standard InChI is InChI=1S/C21H24N4O4/c22-10-21(9-20(21)6-1-7-20)11-23-12-2-3-13-14(8-12)19(29)25(18(13)28)15-4-5-16(26)24-17(15)27/h2-3,8,15,23H,1,4-7,9-11,22H2,(H,24,26,27). The summed E-state index contributed by atoms with van der Waals surface area (Å²) >= 11 is 0. The van der Waals surface area contributed by atoms with E-state index in [0.29, 0.717) is 23.1 Å². The quantitative estimate of drug-likeness (QED) is 0.639. The second-order valence-electron chi connectivity index (χ2n) is 8.86. The second kappa shape index (κ2) is 6.13. The third-order valence-corrected chi connectivity index (χ3v) is 7.45. The third kappa shape index (κ3) is 2.55. The fourth-order valence-electron chi connectivity index (χ4n) is 5.38. The van der Waals surface area contributed by atoms with Gasteiger partial charge in [0, 0.05) is 30.6 Å². The van der Waals surface area contributed by atoms with E-state index in [0.717, 1.165) is 23.6 Å². The van der Waals surface area contributed by atoms with E-state index in [2.05, 4.69) is 10.6 Å². The number of carbonyl (C=O) groups is 4. The molecule has 1 aromatic carbocycles. The largest absolute Gasteiger partial charge is 0.384 e. The second-order valence-corrected chi connectivity index (χ2v) is 8.86. The van der Waals surface area contributed by atoms with Crippen molar-refractivity contribution >= 4 is 29.3 Å². The first-order valence-electron chi connectivity index (χ1n) is 10.2. The zero-order valence-electron chi connectivity index (χ0n) is 16.1. The molecule has 29 heavy (non-hydrogen) atoms. The highest BCUT2D eigenvalue weighted by atomic mass is 16.2. The van der Waals surface area contributed by atoms with Crippen molar-refractivity contribution in [1.29, 1.82) is 0 Å². The van der Waals surface area contributed by atoms with Crippen LogP contribution in [0.3, 0.4) is 0 Å². The summed E-state index contributed by atoms with van der Waals surface area (Å²) in [5, 5.41) is 5.62. The molecule has 8 nitrogen and oxygen atoms in total. The van der Waals surface area contributed by atoms with E-state index in [9.17, 15) is 19.2 Å². The molecule has 3 fully saturated rings. The van der Waals surface area contributed by atoms with Crippen molar-refractivity contribution in [3.8, 4) is 0 Å². The highest BCUT2D eigenvalue weighted by Crippen LogP contribution is 2.73. The number of amides is 4. The van der Waals surface area contributed by atoms with E-state index in [-0.39, 0.29) is 24.2 Å². The van der Waals surface area contributed by atoms with Crippen LogP contribution in [0.5, 0.6) is 0 Å². The van der Waals surface area contributed by atoms with Crippen LogP contribution in [-0.4, -0.2) is 47.7 Å². The van der Waals surface area contributed by atoms with E-state index >= 15 is 0 Å². The predicted molar refractivity (Wildman–Crippen MR) is 104 cm³/mol. The first kappa shape index (κ1) is 18.3. The maximum absolute atomic E-state index is 12.9. The highest BCUT2D eigenvalue weighted by Gasteiger charge is 2.68. The highest BCUT2D eigenvalue weighted by molar-refractivity contribution is 6.23. The smallest absolute Gasteiger partial charge is 0.262 e. The number of nitrogens with two attached hydrogens (primary N) is 1. The van der Waals surface area contributed by atoms with Gasteiger partial charge in [-0.15, -0.1) is 0 Å². The lowest BCUT2D eigenvalue weighted by Crippen LogP contribution is -2.54. The number of anilines is 1. The van der Waals surface area contributed by atoms with Crippen molar-refractivity contribution in [1.82, 2.24) is 10.2 Å². The molecule has 152 valence electrons. The van der Waals surface area contributed by atoms with E-state index in [1.54, 1.807) is 18.2 Å².